The summed E-state index contributed by atoms with van der Waals surface area (Å²) in [6.45, 7) is 1.91. The molecule has 0 saturated carbocycles. The van der Waals surface area contributed by atoms with Crippen LogP contribution in [-0.2, 0) is 19.4 Å². The molecule has 0 amide bonds. The van der Waals surface area contributed by atoms with Gasteiger partial charge in [0.05, 0.1) is 6.61 Å². The standard InChI is InChI=1S/C16H17BrN2O/c17-15-9-14(11-20)16(18-10-15)19-7-5-12-3-1-2-4-13(12)6-8-19/h1-4,9-10,20H,5-8,11H2. The summed E-state index contributed by atoms with van der Waals surface area (Å²) < 4.78 is 0.906. The molecule has 0 radical (unpaired) electrons. The Morgan fingerprint density at radius 2 is 1.80 bits per heavy atom. The summed E-state index contributed by atoms with van der Waals surface area (Å²) in [6, 6.07) is 10.6. The van der Waals surface area contributed by atoms with Crippen LogP contribution in [-0.4, -0.2) is 23.2 Å². The third kappa shape index (κ3) is 2.72. The van der Waals surface area contributed by atoms with Crippen LogP contribution in [0.5, 0.6) is 0 Å². The van der Waals surface area contributed by atoms with E-state index in [4.69, 9.17) is 0 Å². The largest absolute Gasteiger partial charge is 0.392 e. The molecule has 1 aliphatic heterocycles. The highest BCUT2D eigenvalue weighted by molar-refractivity contribution is 9.10. The van der Waals surface area contributed by atoms with Crippen molar-refractivity contribution >= 4 is 21.7 Å². The number of aromatic nitrogens is 1. The van der Waals surface area contributed by atoms with Crippen LogP contribution in [0.25, 0.3) is 0 Å². The van der Waals surface area contributed by atoms with Crippen molar-refractivity contribution in [1.82, 2.24) is 4.98 Å². The molecule has 0 atom stereocenters. The molecule has 1 aliphatic rings. The number of aliphatic hydroxyl groups excluding tert-OH is 1. The predicted octanol–water partition coefficient (Wildman–Crippen LogP) is 2.94. The fraction of sp³-hybridized carbons (Fsp3) is 0.312. The van der Waals surface area contributed by atoms with Crippen molar-refractivity contribution in [3.63, 3.8) is 0 Å². The molecular weight excluding hydrogens is 316 g/mol. The number of rotatable bonds is 2. The maximum absolute atomic E-state index is 9.53. The van der Waals surface area contributed by atoms with E-state index in [0.29, 0.717) is 0 Å². The molecular formula is C16H17BrN2O. The Hall–Kier alpha value is -1.39. The highest BCUT2D eigenvalue weighted by Gasteiger charge is 2.17. The summed E-state index contributed by atoms with van der Waals surface area (Å²) >= 11 is 3.41. The lowest BCUT2D eigenvalue weighted by Gasteiger charge is -2.23. The number of pyridine rings is 1. The van der Waals surface area contributed by atoms with Gasteiger partial charge in [-0.1, -0.05) is 24.3 Å². The third-order valence-corrected chi connectivity index (χ3v) is 4.23. The maximum Gasteiger partial charge on any atom is 0.134 e. The van der Waals surface area contributed by atoms with Crippen molar-refractivity contribution < 1.29 is 5.11 Å². The summed E-state index contributed by atoms with van der Waals surface area (Å²) in [7, 11) is 0. The zero-order valence-electron chi connectivity index (χ0n) is 11.2. The molecule has 1 N–H and O–H groups in total. The molecule has 2 heterocycles. The van der Waals surface area contributed by atoms with E-state index in [1.807, 2.05) is 6.07 Å². The second-order valence-electron chi connectivity index (χ2n) is 5.05. The van der Waals surface area contributed by atoms with Crippen molar-refractivity contribution in [1.29, 1.82) is 0 Å². The molecule has 0 unspecified atom stereocenters. The highest BCUT2D eigenvalue weighted by atomic mass is 79.9. The minimum Gasteiger partial charge on any atom is -0.392 e. The number of nitrogens with zero attached hydrogens (tertiary/aromatic N) is 2. The predicted molar refractivity (Wildman–Crippen MR) is 83.9 cm³/mol. The molecule has 0 spiro atoms. The maximum atomic E-state index is 9.53. The molecule has 1 aromatic carbocycles. The lowest BCUT2D eigenvalue weighted by molar-refractivity contribution is 0.281. The van der Waals surface area contributed by atoms with Gasteiger partial charge in [-0.2, -0.15) is 0 Å². The number of fused-ring (bicyclic) bond motifs is 1. The van der Waals surface area contributed by atoms with E-state index in [9.17, 15) is 5.11 Å². The Labute approximate surface area is 127 Å². The summed E-state index contributed by atoms with van der Waals surface area (Å²) in [6.07, 6.45) is 3.85. The molecule has 2 aromatic rings. The quantitative estimate of drug-likeness (QED) is 0.918. The smallest absolute Gasteiger partial charge is 0.134 e. The third-order valence-electron chi connectivity index (χ3n) is 3.80. The molecule has 20 heavy (non-hydrogen) atoms. The zero-order valence-corrected chi connectivity index (χ0v) is 12.8. The van der Waals surface area contributed by atoms with E-state index in [1.165, 1.54) is 11.1 Å². The molecule has 0 saturated heterocycles. The van der Waals surface area contributed by atoms with Crippen molar-refractivity contribution in [2.75, 3.05) is 18.0 Å². The molecule has 3 rings (SSSR count). The van der Waals surface area contributed by atoms with Gasteiger partial charge >= 0.3 is 0 Å². The summed E-state index contributed by atoms with van der Waals surface area (Å²) in [5.74, 6) is 0.906. The van der Waals surface area contributed by atoms with Gasteiger partial charge in [0, 0.05) is 29.3 Å². The molecule has 4 heteroatoms. The van der Waals surface area contributed by atoms with Gasteiger partial charge in [-0.25, -0.2) is 4.98 Å². The second kappa shape index (κ2) is 5.94. The average Bonchev–Trinajstić information content (AvgIpc) is 2.70. The topological polar surface area (TPSA) is 36.4 Å². The monoisotopic (exact) mass is 332 g/mol. The molecule has 3 nitrogen and oxygen atoms in total. The first-order valence-electron chi connectivity index (χ1n) is 6.85. The normalized spacial score (nSPS) is 14.8. The van der Waals surface area contributed by atoms with E-state index in [-0.39, 0.29) is 6.61 Å². The molecule has 0 bridgehead atoms. The molecule has 0 fully saturated rings. The Bertz CT molecular complexity index is 588. The minimum atomic E-state index is 0.0191. The Balaban J connectivity index is 1.87. The first-order chi connectivity index (χ1) is 9.78. The van der Waals surface area contributed by atoms with E-state index in [1.54, 1.807) is 6.20 Å². The molecule has 1 aromatic heterocycles. The van der Waals surface area contributed by atoms with E-state index in [2.05, 4.69) is 50.1 Å². The van der Waals surface area contributed by atoms with Gasteiger partial charge in [0.2, 0.25) is 0 Å². The van der Waals surface area contributed by atoms with E-state index < -0.39 is 0 Å². The summed E-state index contributed by atoms with van der Waals surface area (Å²) in [4.78, 5) is 6.77. The van der Waals surface area contributed by atoms with Crippen LogP contribution >= 0.6 is 15.9 Å². The SMILES string of the molecule is OCc1cc(Br)cnc1N1CCc2ccccc2CC1. The Morgan fingerprint density at radius 1 is 1.15 bits per heavy atom. The van der Waals surface area contributed by atoms with Crippen LogP contribution < -0.4 is 4.90 Å². The van der Waals surface area contributed by atoms with Crippen LogP contribution in [0.1, 0.15) is 16.7 Å². The highest BCUT2D eigenvalue weighted by Crippen LogP contribution is 2.24. The molecule has 0 aliphatic carbocycles. The van der Waals surface area contributed by atoms with Crippen molar-refractivity contribution in [3.05, 3.63) is 57.7 Å². The van der Waals surface area contributed by atoms with Crippen molar-refractivity contribution in [3.8, 4) is 0 Å². The van der Waals surface area contributed by atoms with Gasteiger partial charge in [-0.05, 0) is 46.0 Å². The Kier molecular flexibility index (Phi) is 4.03. The molecule has 104 valence electrons. The van der Waals surface area contributed by atoms with Gasteiger partial charge in [0.25, 0.3) is 0 Å². The van der Waals surface area contributed by atoms with Crippen LogP contribution in [0.2, 0.25) is 0 Å². The summed E-state index contributed by atoms with van der Waals surface area (Å²) in [5.41, 5.74) is 3.74. The van der Waals surface area contributed by atoms with Crippen LogP contribution in [0.4, 0.5) is 5.82 Å². The van der Waals surface area contributed by atoms with Crippen molar-refractivity contribution in [2.24, 2.45) is 0 Å². The second-order valence-corrected chi connectivity index (χ2v) is 5.97. The average molecular weight is 333 g/mol. The van der Waals surface area contributed by atoms with Gasteiger partial charge in [0.1, 0.15) is 5.82 Å². The Morgan fingerprint density at radius 3 is 2.40 bits per heavy atom. The van der Waals surface area contributed by atoms with Gasteiger partial charge in [0.15, 0.2) is 0 Å². The minimum absolute atomic E-state index is 0.0191. The van der Waals surface area contributed by atoms with Crippen LogP contribution in [0, 0.1) is 0 Å². The van der Waals surface area contributed by atoms with Gasteiger partial charge in [-0.15, -0.1) is 0 Å². The zero-order chi connectivity index (χ0) is 13.9. The number of halogens is 1. The van der Waals surface area contributed by atoms with Gasteiger partial charge < -0.3 is 10.0 Å². The fourth-order valence-corrected chi connectivity index (χ4v) is 3.13. The van der Waals surface area contributed by atoms with Gasteiger partial charge in [-0.3, -0.25) is 0 Å². The lowest BCUT2D eigenvalue weighted by Crippen LogP contribution is -2.28. The number of anilines is 1. The summed E-state index contributed by atoms with van der Waals surface area (Å²) in [5, 5.41) is 9.53. The number of benzene rings is 1. The fourth-order valence-electron chi connectivity index (χ4n) is 2.75. The number of aliphatic hydroxyl groups is 1. The number of hydrogen-bond donors (Lipinski definition) is 1. The first-order valence-corrected chi connectivity index (χ1v) is 7.64. The van der Waals surface area contributed by atoms with E-state index >= 15 is 0 Å². The van der Waals surface area contributed by atoms with Crippen LogP contribution in [0.15, 0.2) is 41.0 Å². The van der Waals surface area contributed by atoms with Crippen molar-refractivity contribution in [2.45, 2.75) is 19.4 Å². The lowest BCUT2D eigenvalue weighted by atomic mass is 10.0. The number of hydrogen-bond acceptors (Lipinski definition) is 3. The van der Waals surface area contributed by atoms with E-state index in [0.717, 1.165) is 41.8 Å². The first kappa shape index (κ1) is 13.6. The van der Waals surface area contributed by atoms with Crippen LogP contribution in [0.3, 0.4) is 0 Å².